The molecule has 1 aromatic carbocycles. The molecule has 0 aliphatic carbocycles. The van der Waals surface area contributed by atoms with E-state index in [1.807, 2.05) is 6.92 Å². The zero-order valence-corrected chi connectivity index (χ0v) is 11.2. The fourth-order valence-electron chi connectivity index (χ4n) is 1.67. The number of rotatable bonds is 7. The Balaban J connectivity index is 2.75. The molecule has 1 aromatic rings. The van der Waals surface area contributed by atoms with Crippen LogP contribution in [0.4, 0.5) is 0 Å². The Kier molecular flexibility index (Phi) is 5.84. The van der Waals surface area contributed by atoms with Crippen molar-refractivity contribution in [3.8, 4) is 11.5 Å². The molecule has 0 unspecified atom stereocenters. The number of hydrogen-bond donors (Lipinski definition) is 0. The first-order valence-corrected chi connectivity index (χ1v) is 6.02. The van der Waals surface area contributed by atoms with Gasteiger partial charge in [0.2, 0.25) is 0 Å². The Morgan fingerprint density at radius 1 is 1.06 bits per heavy atom. The van der Waals surface area contributed by atoms with E-state index in [1.54, 1.807) is 14.2 Å². The fourth-order valence-corrected chi connectivity index (χ4v) is 1.67. The van der Waals surface area contributed by atoms with Crippen LogP contribution in [-0.4, -0.2) is 27.4 Å². The summed E-state index contributed by atoms with van der Waals surface area (Å²) in [4.78, 5) is 0. The van der Waals surface area contributed by atoms with Crippen LogP contribution in [0.3, 0.4) is 0 Å². The Morgan fingerprint density at radius 2 is 1.76 bits per heavy atom. The molecule has 0 atom stereocenters. The molecule has 0 aliphatic rings. The lowest BCUT2D eigenvalue weighted by atomic mass is 10.1. The van der Waals surface area contributed by atoms with Crippen molar-refractivity contribution in [2.45, 2.75) is 26.7 Å². The molecule has 0 fully saturated rings. The van der Waals surface area contributed by atoms with Crippen molar-refractivity contribution in [3.05, 3.63) is 23.3 Å². The maximum atomic E-state index is 5.76. The van der Waals surface area contributed by atoms with Crippen LogP contribution < -0.4 is 9.47 Å². The van der Waals surface area contributed by atoms with Gasteiger partial charge in [0.15, 0.2) is 0 Å². The van der Waals surface area contributed by atoms with Crippen molar-refractivity contribution in [1.29, 1.82) is 0 Å². The highest BCUT2D eigenvalue weighted by molar-refractivity contribution is 5.47. The van der Waals surface area contributed by atoms with Gasteiger partial charge >= 0.3 is 0 Å². The third kappa shape index (κ3) is 3.93. The van der Waals surface area contributed by atoms with Crippen molar-refractivity contribution in [3.63, 3.8) is 0 Å². The standard InChI is InChI=1S/C14H22O3/c1-5-12-9-13(16-4)11(2)14(10-12)17-8-6-7-15-3/h9-10H,5-8H2,1-4H3. The average molecular weight is 238 g/mol. The minimum Gasteiger partial charge on any atom is -0.496 e. The van der Waals surface area contributed by atoms with Crippen molar-refractivity contribution in [2.75, 3.05) is 27.4 Å². The quantitative estimate of drug-likeness (QED) is 0.683. The Hall–Kier alpha value is -1.22. The van der Waals surface area contributed by atoms with E-state index in [0.717, 1.165) is 36.5 Å². The summed E-state index contributed by atoms with van der Waals surface area (Å²) in [6, 6.07) is 4.15. The van der Waals surface area contributed by atoms with Gasteiger partial charge in [0.1, 0.15) is 11.5 Å². The number of hydrogen-bond acceptors (Lipinski definition) is 3. The lowest BCUT2D eigenvalue weighted by Crippen LogP contribution is -2.03. The van der Waals surface area contributed by atoms with E-state index in [1.165, 1.54) is 5.56 Å². The first-order valence-electron chi connectivity index (χ1n) is 6.02. The molecule has 0 saturated carbocycles. The van der Waals surface area contributed by atoms with E-state index >= 15 is 0 Å². The largest absolute Gasteiger partial charge is 0.496 e. The van der Waals surface area contributed by atoms with Crippen LogP contribution in [0.1, 0.15) is 24.5 Å². The summed E-state index contributed by atoms with van der Waals surface area (Å²) >= 11 is 0. The van der Waals surface area contributed by atoms with Gasteiger partial charge in [-0.05, 0) is 31.0 Å². The van der Waals surface area contributed by atoms with Crippen LogP contribution in [0.2, 0.25) is 0 Å². The molecule has 17 heavy (non-hydrogen) atoms. The molecule has 0 bridgehead atoms. The van der Waals surface area contributed by atoms with Gasteiger partial charge < -0.3 is 14.2 Å². The number of benzene rings is 1. The lowest BCUT2D eigenvalue weighted by molar-refractivity contribution is 0.171. The highest BCUT2D eigenvalue weighted by atomic mass is 16.5. The molecule has 1 rings (SSSR count). The van der Waals surface area contributed by atoms with E-state index in [0.29, 0.717) is 6.61 Å². The number of methoxy groups -OCH3 is 2. The number of ether oxygens (including phenoxy) is 3. The molecule has 3 nitrogen and oxygen atoms in total. The molecular weight excluding hydrogens is 216 g/mol. The van der Waals surface area contributed by atoms with E-state index in [-0.39, 0.29) is 0 Å². The SMILES string of the molecule is CCc1cc(OC)c(C)c(OCCCOC)c1. The third-order valence-electron chi connectivity index (χ3n) is 2.75. The minimum atomic E-state index is 0.672. The van der Waals surface area contributed by atoms with Gasteiger partial charge in [0, 0.05) is 25.7 Å². The predicted molar refractivity (Wildman–Crippen MR) is 69.1 cm³/mol. The van der Waals surface area contributed by atoms with Crippen molar-refractivity contribution in [2.24, 2.45) is 0 Å². The van der Waals surface area contributed by atoms with Crippen LogP contribution in [0, 0.1) is 6.92 Å². The fraction of sp³-hybridized carbons (Fsp3) is 0.571. The number of aryl methyl sites for hydroxylation is 1. The summed E-state index contributed by atoms with van der Waals surface area (Å²) in [5.74, 6) is 1.81. The van der Waals surface area contributed by atoms with E-state index in [9.17, 15) is 0 Å². The topological polar surface area (TPSA) is 27.7 Å². The van der Waals surface area contributed by atoms with Crippen molar-refractivity contribution in [1.82, 2.24) is 0 Å². The second-order valence-electron chi connectivity index (χ2n) is 3.97. The lowest BCUT2D eigenvalue weighted by Gasteiger charge is -2.14. The van der Waals surface area contributed by atoms with Crippen LogP contribution in [0.5, 0.6) is 11.5 Å². The summed E-state index contributed by atoms with van der Waals surface area (Å²) in [5.41, 5.74) is 2.29. The monoisotopic (exact) mass is 238 g/mol. The van der Waals surface area contributed by atoms with Gasteiger partial charge in [-0.3, -0.25) is 0 Å². The summed E-state index contributed by atoms with van der Waals surface area (Å²) in [7, 11) is 3.39. The van der Waals surface area contributed by atoms with Crippen LogP contribution in [0.15, 0.2) is 12.1 Å². The van der Waals surface area contributed by atoms with Gasteiger partial charge in [-0.15, -0.1) is 0 Å². The predicted octanol–water partition coefficient (Wildman–Crippen LogP) is 2.98. The van der Waals surface area contributed by atoms with Crippen LogP contribution in [-0.2, 0) is 11.2 Å². The molecule has 3 heteroatoms. The average Bonchev–Trinajstić information content (AvgIpc) is 2.36. The molecule has 0 saturated heterocycles. The van der Waals surface area contributed by atoms with Gasteiger partial charge in [-0.2, -0.15) is 0 Å². The normalized spacial score (nSPS) is 10.4. The first-order chi connectivity index (χ1) is 8.22. The summed E-state index contributed by atoms with van der Waals surface area (Å²) in [6.07, 6.45) is 1.87. The molecule has 0 amide bonds. The van der Waals surface area contributed by atoms with Gasteiger partial charge in [0.05, 0.1) is 13.7 Å². The van der Waals surface area contributed by atoms with Gasteiger partial charge in [-0.25, -0.2) is 0 Å². The molecule has 96 valence electrons. The Morgan fingerprint density at radius 3 is 2.35 bits per heavy atom. The third-order valence-corrected chi connectivity index (χ3v) is 2.75. The molecule has 0 spiro atoms. The maximum Gasteiger partial charge on any atom is 0.126 e. The Bertz CT molecular complexity index is 348. The highest BCUT2D eigenvalue weighted by Gasteiger charge is 2.08. The highest BCUT2D eigenvalue weighted by Crippen LogP contribution is 2.29. The van der Waals surface area contributed by atoms with Crippen molar-refractivity contribution < 1.29 is 14.2 Å². The van der Waals surface area contributed by atoms with Gasteiger partial charge in [-0.1, -0.05) is 6.92 Å². The zero-order chi connectivity index (χ0) is 12.7. The summed E-state index contributed by atoms with van der Waals surface area (Å²) < 4.78 is 16.1. The minimum absolute atomic E-state index is 0.672. The molecule has 0 aromatic heterocycles. The van der Waals surface area contributed by atoms with Crippen LogP contribution in [0.25, 0.3) is 0 Å². The Labute approximate surface area is 104 Å². The summed E-state index contributed by atoms with van der Waals surface area (Å²) in [5, 5.41) is 0. The van der Waals surface area contributed by atoms with Crippen LogP contribution >= 0.6 is 0 Å². The first kappa shape index (κ1) is 13.8. The van der Waals surface area contributed by atoms with Gasteiger partial charge in [0.25, 0.3) is 0 Å². The smallest absolute Gasteiger partial charge is 0.126 e. The van der Waals surface area contributed by atoms with E-state index < -0.39 is 0 Å². The molecule has 0 N–H and O–H groups in total. The van der Waals surface area contributed by atoms with Crippen molar-refractivity contribution >= 4 is 0 Å². The van der Waals surface area contributed by atoms with E-state index in [4.69, 9.17) is 14.2 Å². The second kappa shape index (κ2) is 7.17. The zero-order valence-electron chi connectivity index (χ0n) is 11.2. The summed E-state index contributed by atoms with van der Waals surface area (Å²) in [6.45, 7) is 5.54. The molecule has 0 radical (unpaired) electrons. The molecule has 0 heterocycles. The van der Waals surface area contributed by atoms with E-state index in [2.05, 4.69) is 19.1 Å². The maximum absolute atomic E-state index is 5.76. The second-order valence-corrected chi connectivity index (χ2v) is 3.97. The molecule has 0 aliphatic heterocycles. The molecular formula is C14H22O3.